The van der Waals surface area contributed by atoms with Crippen molar-refractivity contribution in [2.45, 2.75) is 38.3 Å². The number of hydrogen-bond donors (Lipinski definition) is 2. The van der Waals surface area contributed by atoms with Crippen molar-refractivity contribution in [3.63, 3.8) is 0 Å². The molecule has 3 rings (SSSR count). The predicted molar refractivity (Wildman–Crippen MR) is 84.3 cm³/mol. The fourth-order valence-electron chi connectivity index (χ4n) is 3.13. The molecular weight excluding hydrogens is 316 g/mol. The van der Waals surface area contributed by atoms with Crippen molar-refractivity contribution >= 4 is 5.97 Å². The fraction of sp³-hybridized carbons (Fsp3) is 0.389. The van der Waals surface area contributed by atoms with Crippen molar-refractivity contribution in [3.8, 4) is 11.3 Å². The van der Waals surface area contributed by atoms with Crippen LogP contribution in [-0.4, -0.2) is 17.1 Å². The SMILES string of the molecule is O=C(O)C1CCC(NCc2ccc(-c3c(F)cccc3F)o2)CC1. The molecular formula is C18H19F2NO3. The normalized spacial score (nSPS) is 20.9. The van der Waals surface area contributed by atoms with Crippen LogP contribution < -0.4 is 5.32 Å². The third-order valence-corrected chi connectivity index (χ3v) is 4.51. The van der Waals surface area contributed by atoms with E-state index < -0.39 is 17.6 Å². The van der Waals surface area contributed by atoms with Crippen LogP contribution in [0.25, 0.3) is 11.3 Å². The van der Waals surface area contributed by atoms with E-state index in [1.54, 1.807) is 12.1 Å². The Balaban J connectivity index is 1.58. The molecule has 0 bridgehead atoms. The van der Waals surface area contributed by atoms with Crippen LogP contribution in [0, 0.1) is 17.6 Å². The lowest BCUT2D eigenvalue weighted by Gasteiger charge is -2.26. The minimum atomic E-state index is -0.726. The van der Waals surface area contributed by atoms with E-state index in [1.165, 1.54) is 18.2 Å². The van der Waals surface area contributed by atoms with Gasteiger partial charge in [0.15, 0.2) is 0 Å². The molecule has 2 N–H and O–H groups in total. The number of furan rings is 1. The molecule has 1 aliphatic carbocycles. The molecule has 0 radical (unpaired) electrons. The second-order valence-corrected chi connectivity index (χ2v) is 6.13. The average Bonchev–Trinajstić information content (AvgIpc) is 3.02. The summed E-state index contributed by atoms with van der Waals surface area (Å²) in [6.45, 7) is 0.443. The maximum atomic E-state index is 13.8. The molecule has 1 aromatic heterocycles. The Morgan fingerprint density at radius 1 is 1.12 bits per heavy atom. The molecule has 6 heteroatoms. The smallest absolute Gasteiger partial charge is 0.306 e. The van der Waals surface area contributed by atoms with E-state index in [1.807, 2.05) is 0 Å². The van der Waals surface area contributed by atoms with Crippen molar-refractivity contribution in [2.75, 3.05) is 0 Å². The van der Waals surface area contributed by atoms with Gasteiger partial charge in [-0.25, -0.2) is 8.78 Å². The molecule has 1 aliphatic rings. The van der Waals surface area contributed by atoms with Crippen molar-refractivity contribution in [3.05, 3.63) is 47.7 Å². The monoisotopic (exact) mass is 335 g/mol. The Bertz CT molecular complexity index is 701. The van der Waals surface area contributed by atoms with Crippen molar-refractivity contribution in [2.24, 2.45) is 5.92 Å². The Hall–Kier alpha value is -2.21. The number of rotatable bonds is 5. The molecule has 128 valence electrons. The van der Waals surface area contributed by atoms with E-state index in [2.05, 4.69) is 5.32 Å². The Labute approximate surface area is 138 Å². The maximum absolute atomic E-state index is 13.8. The Morgan fingerprint density at radius 3 is 2.42 bits per heavy atom. The number of benzene rings is 1. The van der Waals surface area contributed by atoms with Crippen LogP contribution in [0.4, 0.5) is 8.78 Å². The quantitative estimate of drug-likeness (QED) is 0.868. The first-order valence-electron chi connectivity index (χ1n) is 8.04. The maximum Gasteiger partial charge on any atom is 0.306 e. The number of nitrogens with one attached hydrogen (secondary N) is 1. The summed E-state index contributed by atoms with van der Waals surface area (Å²) in [6.07, 6.45) is 2.92. The molecule has 24 heavy (non-hydrogen) atoms. The van der Waals surface area contributed by atoms with Crippen LogP contribution in [-0.2, 0) is 11.3 Å². The molecule has 0 aliphatic heterocycles. The zero-order chi connectivity index (χ0) is 17.1. The molecule has 4 nitrogen and oxygen atoms in total. The average molecular weight is 335 g/mol. The van der Waals surface area contributed by atoms with E-state index in [-0.39, 0.29) is 23.3 Å². The molecule has 2 aromatic rings. The number of hydrogen-bond acceptors (Lipinski definition) is 3. The minimum absolute atomic E-state index is 0.161. The van der Waals surface area contributed by atoms with Crippen LogP contribution in [0.5, 0.6) is 0 Å². The summed E-state index contributed by atoms with van der Waals surface area (Å²) in [6, 6.07) is 7.18. The van der Waals surface area contributed by atoms with E-state index in [0.717, 1.165) is 12.8 Å². The summed E-state index contributed by atoms with van der Waals surface area (Å²) in [5, 5.41) is 12.3. The van der Waals surface area contributed by atoms with Crippen LogP contribution in [0.2, 0.25) is 0 Å². The van der Waals surface area contributed by atoms with E-state index >= 15 is 0 Å². The molecule has 0 saturated heterocycles. The van der Waals surface area contributed by atoms with Gasteiger partial charge in [0.1, 0.15) is 23.2 Å². The molecule has 0 atom stereocenters. The summed E-state index contributed by atoms with van der Waals surface area (Å²) in [5.41, 5.74) is -0.161. The first-order chi connectivity index (χ1) is 11.5. The van der Waals surface area contributed by atoms with Gasteiger partial charge < -0.3 is 14.8 Å². The van der Waals surface area contributed by atoms with Gasteiger partial charge in [0, 0.05) is 6.04 Å². The molecule has 1 fully saturated rings. The molecule has 0 spiro atoms. The highest BCUT2D eigenvalue weighted by Crippen LogP contribution is 2.28. The van der Waals surface area contributed by atoms with Crippen molar-refractivity contribution < 1.29 is 23.1 Å². The van der Waals surface area contributed by atoms with Gasteiger partial charge in [-0.3, -0.25) is 4.79 Å². The number of carboxylic acids is 1. The number of halogens is 2. The van der Waals surface area contributed by atoms with Gasteiger partial charge in [0.05, 0.1) is 18.0 Å². The molecule has 0 amide bonds. The van der Waals surface area contributed by atoms with Gasteiger partial charge in [-0.1, -0.05) is 6.07 Å². The highest BCUT2D eigenvalue weighted by molar-refractivity contribution is 5.70. The Kier molecular flexibility index (Phi) is 4.94. The van der Waals surface area contributed by atoms with Crippen molar-refractivity contribution in [1.29, 1.82) is 0 Å². The zero-order valence-electron chi connectivity index (χ0n) is 13.1. The van der Waals surface area contributed by atoms with Gasteiger partial charge in [-0.05, 0) is 49.9 Å². The summed E-state index contributed by atoms with van der Waals surface area (Å²) in [4.78, 5) is 10.9. The van der Waals surface area contributed by atoms with Crippen LogP contribution in [0.1, 0.15) is 31.4 Å². The van der Waals surface area contributed by atoms with Crippen LogP contribution >= 0.6 is 0 Å². The summed E-state index contributed by atoms with van der Waals surface area (Å²) < 4.78 is 33.1. The van der Waals surface area contributed by atoms with Crippen LogP contribution in [0.3, 0.4) is 0 Å². The topological polar surface area (TPSA) is 62.5 Å². The third kappa shape index (κ3) is 3.64. The fourth-order valence-corrected chi connectivity index (χ4v) is 3.13. The summed E-state index contributed by atoms with van der Waals surface area (Å²) in [5.74, 6) is -1.53. The standard InChI is InChI=1S/C18H19F2NO3/c19-14-2-1-3-15(20)17(14)16-9-8-13(24-16)10-21-12-6-4-11(5-7-12)18(22)23/h1-3,8-9,11-12,21H,4-7,10H2,(H,22,23). The van der Waals surface area contributed by atoms with Gasteiger partial charge in [0.25, 0.3) is 0 Å². The summed E-state index contributed by atoms with van der Waals surface area (Å²) >= 11 is 0. The minimum Gasteiger partial charge on any atom is -0.481 e. The second kappa shape index (κ2) is 7.13. The highest BCUT2D eigenvalue weighted by atomic mass is 19.1. The molecule has 0 unspecified atom stereocenters. The second-order valence-electron chi connectivity index (χ2n) is 6.13. The first kappa shape index (κ1) is 16.6. The van der Waals surface area contributed by atoms with E-state index in [4.69, 9.17) is 9.52 Å². The molecule has 1 saturated carbocycles. The molecule has 1 aromatic carbocycles. The van der Waals surface area contributed by atoms with Gasteiger partial charge in [-0.2, -0.15) is 0 Å². The van der Waals surface area contributed by atoms with E-state index in [0.29, 0.717) is 25.1 Å². The van der Waals surface area contributed by atoms with Crippen molar-refractivity contribution in [1.82, 2.24) is 5.32 Å². The lowest BCUT2D eigenvalue weighted by molar-refractivity contribution is -0.142. The van der Waals surface area contributed by atoms with Gasteiger partial charge in [0.2, 0.25) is 0 Å². The highest BCUT2D eigenvalue weighted by Gasteiger charge is 2.25. The molecule has 1 heterocycles. The number of carboxylic acid groups (broad SMARTS) is 1. The Morgan fingerprint density at radius 2 is 1.79 bits per heavy atom. The summed E-state index contributed by atoms with van der Waals surface area (Å²) in [7, 11) is 0. The lowest BCUT2D eigenvalue weighted by atomic mass is 9.86. The van der Waals surface area contributed by atoms with Gasteiger partial charge in [-0.15, -0.1) is 0 Å². The largest absolute Gasteiger partial charge is 0.481 e. The predicted octanol–water partition coefficient (Wildman–Crippen LogP) is 3.96. The first-order valence-corrected chi connectivity index (χ1v) is 8.04. The van der Waals surface area contributed by atoms with E-state index in [9.17, 15) is 13.6 Å². The lowest BCUT2D eigenvalue weighted by Crippen LogP contribution is -2.34. The van der Waals surface area contributed by atoms with Crippen LogP contribution in [0.15, 0.2) is 34.7 Å². The number of carbonyl (C=O) groups is 1. The van der Waals surface area contributed by atoms with Gasteiger partial charge >= 0.3 is 5.97 Å². The number of aliphatic carboxylic acids is 1. The zero-order valence-corrected chi connectivity index (χ0v) is 13.1. The third-order valence-electron chi connectivity index (χ3n) is 4.51.